The van der Waals surface area contributed by atoms with Gasteiger partial charge in [-0.25, -0.2) is 4.98 Å². The molecule has 0 saturated carbocycles. The average molecular weight is 289 g/mol. The average Bonchev–Trinajstić information content (AvgIpc) is 2.98. The summed E-state index contributed by atoms with van der Waals surface area (Å²) in [5, 5.41) is 5.15. The minimum atomic E-state index is 0.0245. The van der Waals surface area contributed by atoms with Crippen molar-refractivity contribution in [3.05, 3.63) is 46.3 Å². The molecule has 0 atom stereocenters. The maximum atomic E-state index is 12.4. The van der Waals surface area contributed by atoms with Gasteiger partial charge >= 0.3 is 0 Å². The van der Waals surface area contributed by atoms with E-state index in [-0.39, 0.29) is 5.91 Å². The van der Waals surface area contributed by atoms with Gasteiger partial charge in [0.15, 0.2) is 0 Å². The van der Waals surface area contributed by atoms with E-state index in [0.717, 1.165) is 12.4 Å². The number of anilines is 1. The summed E-state index contributed by atoms with van der Waals surface area (Å²) in [7, 11) is 0. The second-order valence-corrected chi connectivity index (χ2v) is 5.39. The first kappa shape index (κ1) is 14.5. The molecule has 2 rings (SSSR count). The normalized spacial score (nSPS) is 10.3. The summed E-state index contributed by atoms with van der Waals surface area (Å²) in [6.07, 6.45) is 1.64. The Balaban J connectivity index is 2.07. The van der Waals surface area contributed by atoms with E-state index in [1.54, 1.807) is 17.5 Å². The topological polar surface area (TPSA) is 45.2 Å². The third kappa shape index (κ3) is 3.57. The number of nitrogens with one attached hydrogen (secondary N) is 1. The van der Waals surface area contributed by atoms with Gasteiger partial charge in [0.2, 0.25) is 0 Å². The highest BCUT2D eigenvalue weighted by atomic mass is 32.1. The molecule has 0 aliphatic rings. The zero-order chi connectivity index (χ0) is 14.4. The fourth-order valence-corrected chi connectivity index (χ4v) is 2.63. The Labute approximate surface area is 123 Å². The Kier molecular flexibility index (Phi) is 5.12. The number of thiophene rings is 1. The van der Waals surface area contributed by atoms with Gasteiger partial charge in [0.25, 0.3) is 5.91 Å². The molecule has 2 aromatic heterocycles. The molecule has 0 saturated heterocycles. The molecule has 5 heteroatoms. The Morgan fingerprint density at radius 1 is 1.35 bits per heavy atom. The van der Waals surface area contributed by atoms with E-state index in [0.29, 0.717) is 18.7 Å². The van der Waals surface area contributed by atoms with Gasteiger partial charge in [-0.3, -0.25) is 4.79 Å². The molecule has 1 amide bonds. The predicted octanol–water partition coefficient (Wildman–Crippen LogP) is 3.24. The highest BCUT2D eigenvalue weighted by Gasteiger charge is 2.15. The summed E-state index contributed by atoms with van der Waals surface area (Å²) in [5.74, 6) is 0.821. The highest BCUT2D eigenvalue weighted by Crippen LogP contribution is 2.14. The van der Waals surface area contributed by atoms with Crippen molar-refractivity contribution in [3.8, 4) is 0 Å². The minimum absolute atomic E-state index is 0.0245. The Bertz CT molecular complexity index is 537. The lowest BCUT2D eigenvalue weighted by atomic mass is 10.2. The van der Waals surface area contributed by atoms with Crippen LogP contribution in [-0.2, 0) is 6.54 Å². The highest BCUT2D eigenvalue weighted by molar-refractivity contribution is 7.09. The maximum Gasteiger partial charge on any atom is 0.255 e. The van der Waals surface area contributed by atoms with Crippen LogP contribution >= 0.6 is 11.3 Å². The molecule has 0 spiro atoms. The van der Waals surface area contributed by atoms with E-state index < -0.39 is 0 Å². The number of rotatable bonds is 6. The first-order chi connectivity index (χ1) is 9.74. The Morgan fingerprint density at radius 3 is 2.75 bits per heavy atom. The van der Waals surface area contributed by atoms with Crippen LogP contribution in [-0.4, -0.2) is 28.9 Å². The maximum absolute atomic E-state index is 12.4. The number of nitrogens with zero attached hydrogens (tertiary/aromatic N) is 2. The zero-order valence-corrected chi connectivity index (χ0v) is 12.6. The van der Waals surface area contributed by atoms with Crippen molar-refractivity contribution in [1.29, 1.82) is 0 Å². The molecule has 1 N–H and O–H groups in total. The molecule has 106 valence electrons. The van der Waals surface area contributed by atoms with E-state index in [1.807, 2.05) is 48.4 Å². The SMILES string of the molecule is CCNc1ccc(C(=O)N(CC)Cc2cccs2)cn1. The van der Waals surface area contributed by atoms with Crippen LogP contribution in [0.25, 0.3) is 0 Å². The molecule has 4 nitrogen and oxygen atoms in total. The van der Waals surface area contributed by atoms with Crippen LogP contribution < -0.4 is 5.32 Å². The Hall–Kier alpha value is -1.88. The largest absolute Gasteiger partial charge is 0.370 e. The fraction of sp³-hybridized carbons (Fsp3) is 0.333. The molecule has 0 fully saturated rings. The molecule has 20 heavy (non-hydrogen) atoms. The van der Waals surface area contributed by atoms with E-state index >= 15 is 0 Å². The third-order valence-electron chi connectivity index (χ3n) is 2.96. The smallest absolute Gasteiger partial charge is 0.255 e. The van der Waals surface area contributed by atoms with Gasteiger partial charge in [0.1, 0.15) is 5.82 Å². The van der Waals surface area contributed by atoms with Crippen LogP contribution in [0, 0.1) is 0 Å². The fourth-order valence-electron chi connectivity index (χ4n) is 1.91. The number of amides is 1. The summed E-state index contributed by atoms with van der Waals surface area (Å²) in [5.41, 5.74) is 0.630. The van der Waals surface area contributed by atoms with Crippen LogP contribution in [0.3, 0.4) is 0 Å². The lowest BCUT2D eigenvalue weighted by Gasteiger charge is -2.20. The van der Waals surface area contributed by atoms with Gasteiger partial charge in [-0.15, -0.1) is 11.3 Å². The number of hydrogen-bond acceptors (Lipinski definition) is 4. The molecule has 0 unspecified atom stereocenters. The van der Waals surface area contributed by atoms with Crippen molar-refractivity contribution in [2.24, 2.45) is 0 Å². The van der Waals surface area contributed by atoms with Crippen molar-refractivity contribution in [3.63, 3.8) is 0 Å². The van der Waals surface area contributed by atoms with Gasteiger partial charge in [-0.1, -0.05) is 6.07 Å². The van der Waals surface area contributed by atoms with Gasteiger partial charge in [-0.2, -0.15) is 0 Å². The van der Waals surface area contributed by atoms with Crippen molar-refractivity contribution in [1.82, 2.24) is 9.88 Å². The summed E-state index contributed by atoms with van der Waals surface area (Å²) in [6, 6.07) is 7.72. The van der Waals surface area contributed by atoms with Crippen molar-refractivity contribution < 1.29 is 4.79 Å². The summed E-state index contributed by atoms with van der Waals surface area (Å²) < 4.78 is 0. The lowest BCUT2D eigenvalue weighted by molar-refractivity contribution is 0.0754. The standard InChI is InChI=1S/C15H19N3OS/c1-3-16-14-8-7-12(10-17-14)15(19)18(4-2)11-13-6-5-9-20-13/h5-10H,3-4,11H2,1-2H3,(H,16,17). The van der Waals surface area contributed by atoms with Gasteiger partial charge in [0, 0.05) is 24.2 Å². The zero-order valence-electron chi connectivity index (χ0n) is 11.8. The Morgan fingerprint density at radius 2 is 2.20 bits per heavy atom. The molecule has 0 bridgehead atoms. The van der Waals surface area contributed by atoms with Crippen LogP contribution in [0.15, 0.2) is 35.8 Å². The molecule has 0 aromatic carbocycles. The quantitative estimate of drug-likeness (QED) is 0.888. The van der Waals surface area contributed by atoms with E-state index in [2.05, 4.69) is 10.3 Å². The number of aromatic nitrogens is 1. The third-order valence-corrected chi connectivity index (χ3v) is 3.83. The van der Waals surface area contributed by atoms with E-state index in [4.69, 9.17) is 0 Å². The lowest BCUT2D eigenvalue weighted by Crippen LogP contribution is -2.30. The minimum Gasteiger partial charge on any atom is -0.370 e. The summed E-state index contributed by atoms with van der Waals surface area (Å²) in [6.45, 7) is 6.17. The summed E-state index contributed by atoms with van der Waals surface area (Å²) in [4.78, 5) is 19.7. The second kappa shape index (κ2) is 7.05. The molecule has 0 aliphatic carbocycles. The molecule has 2 heterocycles. The molecule has 0 radical (unpaired) electrons. The first-order valence-electron chi connectivity index (χ1n) is 6.76. The van der Waals surface area contributed by atoms with Crippen LogP contribution in [0.1, 0.15) is 29.1 Å². The molecular weight excluding hydrogens is 270 g/mol. The van der Waals surface area contributed by atoms with E-state index in [9.17, 15) is 4.79 Å². The van der Waals surface area contributed by atoms with E-state index in [1.165, 1.54) is 4.88 Å². The number of hydrogen-bond donors (Lipinski definition) is 1. The summed E-state index contributed by atoms with van der Waals surface area (Å²) >= 11 is 1.67. The molecule has 2 aromatic rings. The van der Waals surface area contributed by atoms with Crippen LogP contribution in [0.2, 0.25) is 0 Å². The van der Waals surface area contributed by atoms with Crippen LogP contribution in [0.4, 0.5) is 5.82 Å². The monoisotopic (exact) mass is 289 g/mol. The second-order valence-electron chi connectivity index (χ2n) is 4.36. The van der Waals surface area contributed by atoms with Crippen molar-refractivity contribution in [2.75, 3.05) is 18.4 Å². The van der Waals surface area contributed by atoms with Gasteiger partial charge in [0.05, 0.1) is 12.1 Å². The van der Waals surface area contributed by atoms with Gasteiger partial charge < -0.3 is 10.2 Å². The van der Waals surface area contributed by atoms with Crippen molar-refractivity contribution >= 4 is 23.1 Å². The van der Waals surface area contributed by atoms with Gasteiger partial charge in [-0.05, 0) is 37.4 Å². The molecular formula is C15H19N3OS. The number of pyridine rings is 1. The van der Waals surface area contributed by atoms with Crippen molar-refractivity contribution in [2.45, 2.75) is 20.4 Å². The van der Waals surface area contributed by atoms with Crippen LogP contribution in [0.5, 0.6) is 0 Å². The first-order valence-corrected chi connectivity index (χ1v) is 7.64. The number of carbonyl (C=O) groups is 1. The number of carbonyl (C=O) groups excluding carboxylic acids is 1. The molecule has 0 aliphatic heterocycles. The predicted molar refractivity (Wildman–Crippen MR) is 83.1 cm³/mol.